The van der Waals surface area contributed by atoms with Crippen LogP contribution in [0, 0.1) is 0 Å². The minimum absolute atomic E-state index is 0.176. The Hall–Kier alpha value is -1.21. The number of aliphatic carboxylic acids is 1. The van der Waals surface area contributed by atoms with E-state index in [4.69, 9.17) is 5.11 Å². The first-order valence-electron chi connectivity index (χ1n) is 3.87. The van der Waals surface area contributed by atoms with Crippen LogP contribution in [0.2, 0.25) is 0 Å². The molecule has 0 amide bonds. The van der Waals surface area contributed by atoms with Crippen molar-refractivity contribution >= 4 is 5.97 Å². The molecular weight excluding hydrogens is 242 g/mol. The molecule has 8 heteroatoms. The van der Waals surface area contributed by atoms with Gasteiger partial charge in [0.05, 0.1) is 12.8 Å². The summed E-state index contributed by atoms with van der Waals surface area (Å²) >= 11 is 0. The van der Waals surface area contributed by atoms with Gasteiger partial charge in [-0.3, -0.25) is 0 Å². The number of hydrogen-bond acceptors (Lipinski definition) is 1. The van der Waals surface area contributed by atoms with E-state index in [1.165, 1.54) is 6.92 Å². The van der Waals surface area contributed by atoms with Crippen LogP contribution in [0.1, 0.15) is 19.8 Å². The highest BCUT2D eigenvalue weighted by atomic mass is 19.4. The number of carboxylic acids is 1. The van der Waals surface area contributed by atoms with Gasteiger partial charge in [0, 0.05) is 5.57 Å². The molecule has 0 aromatic carbocycles. The molecule has 96 valence electrons. The molecule has 0 unspecified atom stereocenters. The van der Waals surface area contributed by atoms with Gasteiger partial charge in [0.1, 0.15) is 0 Å². The minimum atomic E-state index is -4.71. The lowest BCUT2D eigenvalue weighted by Crippen LogP contribution is -2.15. The first-order valence-corrected chi connectivity index (χ1v) is 3.87. The first kappa shape index (κ1) is 17.2. The maximum absolute atomic E-state index is 11.1. The quantitative estimate of drug-likeness (QED) is 0.602. The third kappa shape index (κ3) is 18.5. The topological polar surface area (TPSA) is 37.3 Å². The maximum Gasteiger partial charge on any atom is 0.389 e. The molecule has 1 N–H and O–H groups in total. The van der Waals surface area contributed by atoms with Gasteiger partial charge in [0.2, 0.25) is 0 Å². The fourth-order valence-corrected chi connectivity index (χ4v) is 0.283. The SMILES string of the molecule is C=C(C)C(=O)O.FC(F)(F)CCC(F)(F)F. The zero-order chi connectivity index (χ0) is 13.6. The third-order valence-electron chi connectivity index (χ3n) is 1.06. The van der Waals surface area contributed by atoms with E-state index < -0.39 is 31.2 Å². The summed E-state index contributed by atoms with van der Waals surface area (Å²) in [4.78, 5) is 9.60. The zero-order valence-electron chi connectivity index (χ0n) is 8.24. The van der Waals surface area contributed by atoms with Gasteiger partial charge in [-0.2, -0.15) is 26.3 Å². The Bertz CT molecular complexity index is 214. The van der Waals surface area contributed by atoms with E-state index in [-0.39, 0.29) is 5.57 Å². The highest BCUT2D eigenvalue weighted by molar-refractivity contribution is 5.84. The predicted molar refractivity (Wildman–Crippen MR) is 43.8 cm³/mol. The van der Waals surface area contributed by atoms with Gasteiger partial charge in [-0.15, -0.1) is 0 Å². The number of rotatable bonds is 2. The summed E-state index contributed by atoms with van der Waals surface area (Å²) in [5.74, 6) is -0.935. The second-order valence-corrected chi connectivity index (χ2v) is 2.82. The summed E-state index contributed by atoms with van der Waals surface area (Å²) in [6.07, 6.45) is -13.0. The average Bonchev–Trinajstić information content (AvgIpc) is 1.99. The van der Waals surface area contributed by atoms with E-state index in [0.717, 1.165) is 0 Å². The van der Waals surface area contributed by atoms with Crippen molar-refractivity contribution in [2.45, 2.75) is 32.1 Å². The van der Waals surface area contributed by atoms with Crippen LogP contribution < -0.4 is 0 Å². The van der Waals surface area contributed by atoms with Crippen molar-refractivity contribution in [3.63, 3.8) is 0 Å². The van der Waals surface area contributed by atoms with Crippen LogP contribution >= 0.6 is 0 Å². The van der Waals surface area contributed by atoms with Crippen molar-refractivity contribution in [3.8, 4) is 0 Å². The van der Waals surface area contributed by atoms with Crippen LogP contribution in [0.15, 0.2) is 12.2 Å². The molecule has 0 aliphatic carbocycles. The summed E-state index contributed by atoms with van der Waals surface area (Å²) in [5.41, 5.74) is 0.176. The number of carboxylic acid groups (broad SMARTS) is 1. The number of hydrogen-bond donors (Lipinski definition) is 1. The second kappa shape index (κ2) is 6.39. The lowest BCUT2D eigenvalue weighted by molar-refractivity contribution is -0.183. The van der Waals surface area contributed by atoms with Crippen LogP contribution in [0.5, 0.6) is 0 Å². The summed E-state index contributed by atoms with van der Waals surface area (Å²) in [6.45, 7) is 4.60. The van der Waals surface area contributed by atoms with Crippen LogP contribution in [0.3, 0.4) is 0 Å². The smallest absolute Gasteiger partial charge is 0.389 e. The molecule has 0 heterocycles. The number of alkyl halides is 6. The maximum atomic E-state index is 11.1. The monoisotopic (exact) mass is 252 g/mol. The van der Waals surface area contributed by atoms with Crippen molar-refractivity contribution in [2.75, 3.05) is 0 Å². The average molecular weight is 252 g/mol. The van der Waals surface area contributed by atoms with E-state index in [2.05, 4.69) is 6.58 Å². The Morgan fingerprint density at radius 1 is 1.06 bits per heavy atom. The van der Waals surface area contributed by atoms with E-state index in [1.807, 2.05) is 0 Å². The highest BCUT2D eigenvalue weighted by Crippen LogP contribution is 2.29. The van der Waals surface area contributed by atoms with Crippen LogP contribution in [0.4, 0.5) is 26.3 Å². The van der Waals surface area contributed by atoms with E-state index >= 15 is 0 Å². The van der Waals surface area contributed by atoms with Crippen molar-refractivity contribution in [2.24, 2.45) is 0 Å². The number of carbonyl (C=O) groups is 1. The molecule has 0 aliphatic rings. The molecule has 0 radical (unpaired) electrons. The Balaban J connectivity index is 0. The molecule has 0 atom stereocenters. The Morgan fingerprint density at radius 2 is 1.25 bits per heavy atom. The molecule has 2 nitrogen and oxygen atoms in total. The summed E-state index contributed by atoms with van der Waals surface area (Å²) in [6, 6.07) is 0. The van der Waals surface area contributed by atoms with Gasteiger partial charge in [-0.1, -0.05) is 6.58 Å². The van der Waals surface area contributed by atoms with Gasteiger partial charge >= 0.3 is 18.3 Å². The molecule has 0 aromatic heterocycles. The fourth-order valence-electron chi connectivity index (χ4n) is 0.283. The van der Waals surface area contributed by atoms with Crippen molar-refractivity contribution < 1.29 is 36.2 Å². The van der Waals surface area contributed by atoms with E-state index in [1.54, 1.807) is 0 Å². The van der Waals surface area contributed by atoms with E-state index in [9.17, 15) is 31.1 Å². The fraction of sp³-hybridized carbons (Fsp3) is 0.625. The molecule has 0 aromatic rings. The van der Waals surface area contributed by atoms with Crippen LogP contribution in [0.25, 0.3) is 0 Å². The highest BCUT2D eigenvalue weighted by Gasteiger charge is 2.36. The normalized spacial score (nSPS) is 11.4. The van der Waals surface area contributed by atoms with Gasteiger partial charge < -0.3 is 5.11 Å². The Kier molecular flexibility index (Phi) is 6.87. The lowest BCUT2D eigenvalue weighted by atomic mass is 10.3. The molecule has 0 rings (SSSR count). The van der Waals surface area contributed by atoms with Gasteiger partial charge in [-0.25, -0.2) is 4.79 Å². The van der Waals surface area contributed by atoms with Crippen molar-refractivity contribution in [3.05, 3.63) is 12.2 Å². The van der Waals surface area contributed by atoms with Crippen LogP contribution in [-0.2, 0) is 4.79 Å². The molecule has 0 fully saturated rings. The third-order valence-corrected chi connectivity index (χ3v) is 1.06. The molecule has 16 heavy (non-hydrogen) atoms. The van der Waals surface area contributed by atoms with Crippen molar-refractivity contribution in [1.29, 1.82) is 0 Å². The Morgan fingerprint density at radius 3 is 1.31 bits per heavy atom. The van der Waals surface area contributed by atoms with Gasteiger partial charge in [0.25, 0.3) is 0 Å². The molecule has 0 spiro atoms. The largest absolute Gasteiger partial charge is 0.478 e. The zero-order valence-corrected chi connectivity index (χ0v) is 8.24. The lowest BCUT2D eigenvalue weighted by Gasteiger charge is -2.07. The molecule has 0 aliphatic heterocycles. The van der Waals surface area contributed by atoms with E-state index in [0.29, 0.717) is 0 Å². The van der Waals surface area contributed by atoms with Crippen molar-refractivity contribution in [1.82, 2.24) is 0 Å². The molecule has 0 bridgehead atoms. The molecule has 0 saturated heterocycles. The van der Waals surface area contributed by atoms with Gasteiger partial charge in [-0.05, 0) is 6.92 Å². The summed E-state index contributed by atoms with van der Waals surface area (Å²) in [5, 5.41) is 7.89. The Labute approximate surface area is 87.6 Å². The number of halogens is 6. The molecule has 0 saturated carbocycles. The van der Waals surface area contributed by atoms with Gasteiger partial charge in [0.15, 0.2) is 0 Å². The minimum Gasteiger partial charge on any atom is -0.478 e. The van der Waals surface area contributed by atoms with Crippen LogP contribution in [-0.4, -0.2) is 23.4 Å². The first-order chi connectivity index (χ1) is 6.85. The predicted octanol–water partition coefficient (Wildman–Crippen LogP) is 3.54. The standard InChI is InChI=1S/C4H4F6.C4H6O2/c5-3(6,7)1-2-4(8,9)10;1-3(2)4(5)6/h1-2H2;1H2,2H3,(H,5,6). The second-order valence-electron chi connectivity index (χ2n) is 2.82. The summed E-state index contributed by atoms with van der Waals surface area (Å²) in [7, 11) is 0. The summed E-state index contributed by atoms with van der Waals surface area (Å²) < 4.78 is 66.5. The molecular formula is C8H10F6O2.